The molecule has 0 saturated carbocycles. The van der Waals surface area contributed by atoms with Crippen molar-refractivity contribution in [2.24, 2.45) is 0 Å². The van der Waals surface area contributed by atoms with Gasteiger partial charge < -0.3 is 14.2 Å². The van der Waals surface area contributed by atoms with Crippen LogP contribution in [0.5, 0.6) is 11.5 Å². The Morgan fingerprint density at radius 2 is 1.65 bits per heavy atom. The predicted octanol–water partition coefficient (Wildman–Crippen LogP) is 2.31. The molecule has 1 aromatic carbocycles. The molecule has 17 heavy (non-hydrogen) atoms. The molecule has 0 aliphatic heterocycles. The summed E-state index contributed by atoms with van der Waals surface area (Å²) in [4.78, 5) is 12.1. The van der Waals surface area contributed by atoms with E-state index in [9.17, 15) is 4.79 Å². The second kappa shape index (κ2) is 5.19. The number of methoxy groups -OCH3 is 3. The van der Waals surface area contributed by atoms with E-state index >= 15 is 0 Å². The zero-order valence-electron chi connectivity index (χ0n) is 10.9. The van der Waals surface area contributed by atoms with E-state index in [0.717, 1.165) is 0 Å². The van der Waals surface area contributed by atoms with Gasteiger partial charge in [-0.15, -0.1) is 0 Å². The van der Waals surface area contributed by atoms with E-state index in [2.05, 4.69) is 0 Å². The van der Waals surface area contributed by atoms with Gasteiger partial charge in [-0.2, -0.15) is 0 Å². The Hall–Kier alpha value is -1.55. The van der Waals surface area contributed by atoms with Crippen LogP contribution in [-0.4, -0.2) is 32.7 Å². The number of benzene rings is 1. The highest BCUT2D eigenvalue weighted by atomic mass is 16.5. The normalized spacial score (nSPS) is 11.1. The van der Waals surface area contributed by atoms with Crippen LogP contribution in [0.1, 0.15) is 24.2 Å². The van der Waals surface area contributed by atoms with Crippen LogP contribution in [0.15, 0.2) is 18.2 Å². The summed E-state index contributed by atoms with van der Waals surface area (Å²) in [5, 5.41) is 0. The first-order chi connectivity index (χ1) is 7.96. The van der Waals surface area contributed by atoms with Crippen molar-refractivity contribution in [1.29, 1.82) is 0 Å². The number of carbonyl (C=O) groups excluding carboxylic acids is 1. The number of ketones is 1. The van der Waals surface area contributed by atoms with Gasteiger partial charge >= 0.3 is 0 Å². The van der Waals surface area contributed by atoms with E-state index in [1.165, 1.54) is 14.2 Å². The molecule has 0 aliphatic rings. The van der Waals surface area contributed by atoms with Gasteiger partial charge in [-0.05, 0) is 32.0 Å². The van der Waals surface area contributed by atoms with Crippen molar-refractivity contribution in [2.75, 3.05) is 21.3 Å². The third kappa shape index (κ3) is 2.77. The van der Waals surface area contributed by atoms with Gasteiger partial charge in [-0.1, -0.05) is 0 Å². The fraction of sp³-hybridized carbons (Fsp3) is 0.462. The summed E-state index contributed by atoms with van der Waals surface area (Å²) in [6, 6.07) is 5.06. The summed E-state index contributed by atoms with van der Waals surface area (Å²) in [6.07, 6.45) is 0. The van der Waals surface area contributed by atoms with E-state index in [0.29, 0.717) is 17.1 Å². The monoisotopic (exact) mass is 238 g/mol. The van der Waals surface area contributed by atoms with Gasteiger partial charge in [0.1, 0.15) is 5.60 Å². The largest absolute Gasteiger partial charge is 0.493 e. The summed E-state index contributed by atoms with van der Waals surface area (Å²) in [7, 11) is 4.60. The van der Waals surface area contributed by atoms with Crippen molar-refractivity contribution >= 4 is 5.78 Å². The average Bonchev–Trinajstić information content (AvgIpc) is 2.36. The van der Waals surface area contributed by atoms with Crippen molar-refractivity contribution in [3.63, 3.8) is 0 Å². The molecule has 0 aromatic heterocycles. The van der Waals surface area contributed by atoms with Gasteiger partial charge in [0, 0.05) is 12.7 Å². The third-order valence-electron chi connectivity index (χ3n) is 2.70. The van der Waals surface area contributed by atoms with Gasteiger partial charge in [0.05, 0.1) is 14.2 Å². The Morgan fingerprint density at radius 1 is 1.06 bits per heavy atom. The molecular formula is C13H18O4. The summed E-state index contributed by atoms with van der Waals surface area (Å²) < 4.78 is 15.4. The maximum absolute atomic E-state index is 12.1. The Morgan fingerprint density at radius 3 is 2.12 bits per heavy atom. The molecule has 0 fully saturated rings. The van der Waals surface area contributed by atoms with Crippen molar-refractivity contribution < 1.29 is 19.0 Å². The standard InChI is InChI=1S/C13H18O4/c1-13(2,17-5)12(14)9-6-7-10(15-3)11(8-9)16-4/h6-8H,1-5H3. The Balaban J connectivity index is 3.12. The highest BCUT2D eigenvalue weighted by molar-refractivity contribution is 6.02. The van der Waals surface area contributed by atoms with Crippen LogP contribution in [-0.2, 0) is 4.74 Å². The fourth-order valence-corrected chi connectivity index (χ4v) is 1.42. The lowest BCUT2D eigenvalue weighted by atomic mass is 9.96. The average molecular weight is 238 g/mol. The van der Waals surface area contributed by atoms with Gasteiger partial charge in [0.2, 0.25) is 0 Å². The van der Waals surface area contributed by atoms with Crippen LogP contribution in [0.4, 0.5) is 0 Å². The summed E-state index contributed by atoms with van der Waals surface area (Å²) in [6.45, 7) is 3.46. The molecule has 0 radical (unpaired) electrons. The zero-order valence-corrected chi connectivity index (χ0v) is 10.9. The van der Waals surface area contributed by atoms with Crippen LogP contribution >= 0.6 is 0 Å². The number of Topliss-reactive ketones (excluding diaryl/α,β-unsaturated/α-hetero) is 1. The number of carbonyl (C=O) groups is 1. The van der Waals surface area contributed by atoms with Gasteiger partial charge in [0.25, 0.3) is 0 Å². The molecule has 1 aromatic rings. The zero-order chi connectivity index (χ0) is 13.1. The van der Waals surface area contributed by atoms with Crippen molar-refractivity contribution in [3.05, 3.63) is 23.8 Å². The Labute approximate surface area is 101 Å². The molecule has 0 heterocycles. The second-order valence-corrected chi connectivity index (χ2v) is 4.11. The minimum absolute atomic E-state index is 0.0963. The smallest absolute Gasteiger partial charge is 0.194 e. The molecule has 0 saturated heterocycles. The van der Waals surface area contributed by atoms with Crippen LogP contribution in [0.25, 0.3) is 0 Å². The fourth-order valence-electron chi connectivity index (χ4n) is 1.42. The molecule has 0 spiro atoms. The van der Waals surface area contributed by atoms with Crippen LogP contribution in [0.3, 0.4) is 0 Å². The summed E-state index contributed by atoms with van der Waals surface area (Å²) in [5.41, 5.74) is -0.311. The maximum atomic E-state index is 12.1. The lowest BCUT2D eigenvalue weighted by molar-refractivity contribution is 0.0228. The van der Waals surface area contributed by atoms with Crippen molar-refractivity contribution in [2.45, 2.75) is 19.4 Å². The number of hydrogen-bond donors (Lipinski definition) is 0. The molecule has 0 N–H and O–H groups in total. The quantitative estimate of drug-likeness (QED) is 0.738. The molecule has 0 aliphatic carbocycles. The van der Waals surface area contributed by atoms with Crippen LogP contribution in [0, 0.1) is 0 Å². The van der Waals surface area contributed by atoms with Crippen molar-refractivity contribution in [3.8, 4) is 11.5 Å². The first kappa shape index (κ1) is 13.5. The molecule has 0 atom stereocenters. The SMILES string of the molecule is COc1ccc(C(=O)C(C)(C)OC)cc1OC. The number of rotatable bonds is 5. The molecule has 4 nitrogen and oxygen atoms in total. The summed E-state index contributed by atoms with van der Waals surface area (Å²) in [5.74, 6) is 1.03. The molecule has 0 bridgehead atoms. The summed E-state index contributed by atoms with van der Waals surface area (Å²) >= 11 is 0. The predicted molar refractivity (Wildman–Crippen MR) is 65.0 cm³/mol. The van der Waals surface area contributed by atoms with Gasteiger partial charge in [-0.25, -0.2) is 0 Å². The Bertz CT molecular complexity index is 410. The van der Waals surface area contributed by atoms with E-state index < -0.39 is 5.60 Å². The van der Waals surface area contributed by atoms with E-state index in [4.69, 9.17) is 14.2 Å². The van der Waals surface area contributed by atoms with E-state index in [1.54, 1.807) is 39.2 Å². The molecule has 0 unspecified atom stereocenters. The lowest BCUT2D eigenvalue weighted by Gasteiger charge is -2.21. The number of hydrogen-bond acceptors (Lipinski definition) is 4. The molecule has 4 heteroatoms. The third-order valence-corrected chi connectivity index (χ3v) is 2.70. The first-order valence-electron chi connectivity index (χ1n) is 5.28. The minimum Gasteiger partial charge on any atom is -0.493 e. The van der Waals surface area contributed by atoms with Crippen LogP contribution < -0.4 is 9.47 Å². The Kier molecular flexibility index (Phi) is 4.12. The molecule has 0 amide bonds. The van der Waals surface area contributed by atoms with Gasteiger partial charge in [-0.3, -0.25) is 4.79 Å². The van der Waals surface area contributed by atoms with Gasteiger partial charge in [0.15, 0.2) is 17.3 Å². The van der Waals surface area contributed by atoms with E-state index in [1.807, 2.05) is 0 Å². The molecule has 1 rings (SSSR count). The highest BCUT2D eigenvalue weighted by Crippen LogP contribution is 2.29. The van der Waals surface area contributed by atoms with Crippen molar-refractivity contribution in [1.82, 2.24) is 0 Å². The minimum atomic E-state index is -0.848. The van der Waals surface area contributed by atoms with Crippen LogP contribution in [0.2, 0.25) is 0 Å². The van der Waals surface area contributed by atoms with E-state index in [-0.39, 0.29) is 5.78 Å². The number of ether oxygens (including phenoxy) is 3. The topological polar surface area (TPSA) is 44.8 Å². The second-order valence-electron chi connectivity index (χ2n) is 4.11. The maximum Gasteiger partial charge on any atom is 0.194 e. The molecular weight excluding hydrogens is 220 g/mol. The molecule has 94 valence electrons. The highest BCUT2D eigenvalue weighted by Gasteiger charge is 2.28. The first-order valence-corrected chi connectivity index (χ1v) is 5.28. The lowest BCUT2D eigenvalue weighted by Crippen LogP contribution is -2.33.